The first-order valence-electron chi connectivity index (χ1n) is 6.06. The fourth-order valence-electron chi connectivity index (χ4n) is 1.83. The van der Waals surface area contributed by atoms with E-state index in [4.69, 9.17) is 11.6 Å². The molecule has 0 aromatic heterocycles. The summed E-state index contributed by atoms with van der Waals surface area (Å²) < 4.78 is 0. The molecule has 18 heavy (non-hydrogen) atoms. The Morgan fingerprint density at radius 3 is 2.28 bits per heavy atom. The zero-order valence-electron chi connectivity index (χ0n) is 11.9. The molecule has 1 aromatic rings. The summed E-state index contributed by atoms with van der Waals surface area (Å²) in [5.41, 5.74) is 2.40. The van der Waals surface area contributed by atoms with E-state index in [1.165, 1.54) is 5.56 Å². The van der Waals surface area contributed by atoms with Gasteiger partial charge >= 0.3 is 0 Å². The molecule has 0 atom stereocenters. The molecule has 0 amide bonds. The highest BCUT2D eigenvalue weighted by Crippen LogP contribution is 2.16. The lowest BCUT2D eigenvalue weighted by Gasteiger charge is -2.22. The third-order valence-electron chi connectivity index (χ3n) is 2.68. The zero-order chi connectivity index (χ0) is 13.7. The van der Waals surface area contributed by atoms with Crippen LogP contribution in [0.2, 0.25) is 5.02 Å². The lowest BCUT2D eigenvalue weighted by Crippen LogP contribution is -2.35. The number of nitrogens with zero attached hydrogens (tertiary/aromatic N) is 3. The number of hydrogen-bond acceptors (Lipinski definition) is 1. The first-order valence-corrected chi connectivity index (χ1v) is 6.43. The molecule has 0 radical (unpaired) electrons. The van der Waals surface area contributed by atoms with Crippen LogP contribution in [0.3, 0.4) is 0 Å². The molecule has 1 rings (SSSR count). The first kappa shape index (κ1) is 14.8. The molecular weight excluding hydrogens is 246 g/mol. The van der Waals surface area contributed by atoms with Crippen LogP contribution in [-0.2, 0) is 6.42 Å². The van der Waals surface area contributed by atoms with Crippen LogP contribution in [0.5, 0.6) is 0 Å². The van der Waals surface area contributed by atoms with E-state index in [9.17, 15) is 0 Å². The van der Waals surface area contributed by atoms with Crippen LogP contribution in [0.1, 0.15) is 11.1 Å². The Hall–Kier alpha value is -1.22. The van der Waals surface area contributed by atoms with E-state index in [1.54, 1.807) is 0 Å². The molecule has 0 saturated heterocycles. The maximum absolute atomic E-state index is 6.01. The second-order valence-electron chi connectivity index (χ2n) is 4.80. The summed E-state index contributed by atoms with van der Waals surface area (Å²) in [6.45, 7) is 2.81. The number of rotatable bonds is 3. The maximum atomic E-state index is 6.01. The van der Waals surface area contributed by atoms with Crippen molar-refractivity contribution in [3.05, 3.63) is 34.3 Å². The average molecular weight is 268 g/mol. The standard InChI is InChI=1S/C14H22ClN3/c1-11-10-12(6-7-13(11)15)8-9-16-14(17(2)3)18(4)5/h6-7,10H,8-9H2,1-5H3. The van der Waals surface area contributed by atoms with Gasteiger partial charge in [-0.2, -0.15) is 0 Å². The Balaban J connectivity index is 2.64. The molecule has 0 aliphatic carbocycles. The molecule has 0 heterocycles. The van der Waals surface area contributed by atoms with Crippen molar-refractivity contribution in [2.24, 2.45) is 4.99 Å². The van der Waals surface area contributed by atoms with Crippen LogP contribution in [0, 0.1) is 6.92 Å². The van der Waals surface area contributed by atoms with Crippen LogP contribution in [0.25, 0.3) is 0 Å². The minimum Gasteiger partial charge on any atom is -0.349 e. The molecule has 0 spiro atoms. The summed E-state index contributed by atoms with van der Waals surface area (Å²) in [4.78, 5) is 8.65. The quantitative estimate of drug-likeness (QED) is 0.619. The molecular formula is C14H22ClN3. The Morgan fingerprint density at radius 2 is 1.78 bits per heavy atom. The molecule has 0 unspecified atom stereocenters. The highest BCUT2D eigenvalue weighted by atomic mass is 35.5. The van der Waals surface area contributed by atoms with Crippen molar-refractivity contribution in [1.29, 1.82) is 0 Å². The van der Waals surface area contributed by atoms with Crippen molar-refractivity contribution in [3.8, 4) is 0 Å². The van der Waals surface area contributed by atoms with Gasteiger partial charge in [0.1, 0.15) is 0 Å². The van der Waals surface area contributed by atoms with E-state index in [0.717, 1.165) is 29.5 Å². The first-order chi connectivity index (χ1) is 8.41. The second-order valence-corrected chi connectivity index (χ2v) is 5.21. The summed E-state index contributed by atoms with van der Waals surface area (Å²) in [5, 5.41) is 0.824. The van der Waals surface area contributed by atoms with Gasteiger partial charge in [0.2, 0.25) is 0 Å². The predicted octanol–water partition coefficient (Wildman–Crippen LogP) is 2.67. The van der Waals surface area contributed by atoms with Crippen molar-refractivity contribution in [2.75, 3.05) is 34.7 Å². The molecule has 0 aliphatic heterocycles. The number of hydrogen-bond donors (Lipinski definition) is 0. The van der Waals surface area contributed by atoms with Crippen molar-refractivity contribution in [1.82, 2.24) is 9.80 Å². The van der Waals surface area contributed by atoms with Crippen LogP contribution in [-0.4, -0.2) is 50.5 Å². The zero-order valence-corrected chi connectivity index (χ0v) is 12.6. The minimum atomic E-state index is 0.784. The van der Waals surface area contributed by atoms with Crippen LogP contribution < -0.4 is 0 Å². The molecule has 1 aromatic carbocycles. The SMILES string of the molecule is Cc1cc(CCN=C(N(C)C)N(C)C)ccc1Cl. The fourth-order valence-corrected chi connectivity index (χ4v) is 1.95. The molecule has 100 valence electrons. The van der Waals surface area contributed by atoms with Gasteiger partial charge in [0.15, 0.2) is 5.96 Å². The minimum absolute atomic E-state index is 0.784. The van der Waals surface area contributed by atoms with E-state index in [2.05, 4.69) is 17.1 Å². The van der Waals surface area contributed by atoms with Crippen LogP contribution in [0.15, 0.2) is 23.2 Å². The fraction of sp³-hybridized carbons (Fsp3) is 0.500. The van der Waals surface area contributed by atoms with E-state index in [1.807, 2.05) is 51.0 Å². The Bertz CT molecular complexity index is 415. The van der Waals surface area contributed by atoms with Gasteiger partial charge < -0.3 is 9.80 Å². The second kappa shape index (κ2) is 6.64. The summed E-state index contributed by atoms with van der Waals surface area (Å²) in [7, 11) is 8.02. The normalized spacial score (nSPS) is 10.1. The monoisotopic (exact) mass is 267 g/mol. The number of aliphatic imine (C=N–C) groups is 1. The van der Waals surface area contributed by atoms with E-state index < -0.39 is 0 Å². The summed E-state index contributed by atoms with van der Waals surface area (Å²) in [6, 6.07) is 6.15. The van der Waals surface area contributed by atoms with Gasteiger partial charge in [-0.05, 0) is 30.5 Å². The summed E-state index contributed by atoms with van der Waals surface area (Å²) >= 11 is 6.01. The van der Waals surface area contributed by atoms with Gasteiger partial charge in [-0.15, -0.1) is 0 Å². The Labute approximate surface area is 115 Å². The molecule has 0 N–H and O–H groups in total. The molecule has 3 nitrogen and oxygen atoms in total. The van der Waals surface area contributed by atoms with Crippen LogP contribution >= 0.6 is 11.6 Å². The van der Waals surface area contributed by atoms with Gasteiger partial charge in [0.25, 0.3) is 0 Å². The van der Waals surface area contributed by atoms with E-state index in [-0.39, 0.29) is 0 Å². The van der Waals surface area contributed by atoms with E-state index >= 15 is 0 Å². The topological polar surface area (TPSA) is 18.8 Å². The van der Waals surface area contributed by atoms with Crippen molar-refractivity contribution in [2.45, 2.75) is 13.3 Å². The van der Waals surface area contributed by atoms with Gasteiger partial charge in [0.05, 0.1) is 0 Å². The molecule has 0 aliphatic rings. The van der Waals surface area contributed by atoms with Gasteiger partial charge in [-0.25, -0.2) is 0 Å². The van der Waals surface area contributed by atoms with Gasteiger partial charge in [-0.1, -0.05) is 23.7 Å². The predicted molar refractivity (Wildman–Crippen MR) is 79.6 cm³/mol. The number of benzene rings is 1. The van der Waals surface area contributed by atoms with Gasteiger partial charge in [0, 0.05) is 39.8 Å². The Kier molecular flexibility index (Phi) is 5.48. The summed E-state index contributed by atoms with van der Waals surface area (Å²) in [6.07, 6.45) is 0.934. The van der Waals surface area contributed by atoms with E-state index in [0.29, 0.717) is 0 Å². The molecule has 0 saturated carbocycles. The van der Waals surface area contributed by atoms with Gasteiger partial charge in [-0.3, -0.25) is 4.99 Å². The molecule has 4 heteroatoms. The molecule has 0 bridgehead atoms. The van der Waals surface area contributed by atoms with Crippen molar-refractivity contribution in [3.63, 3.8) is 0 Å². The average Bonchev–Trinajstić information content (AvgIpc) is 2.28. The summed E-state index contributed by atoms with van der Waals surface area (Å²) in [5.74, 6) is 0.987. The highest BCUT2D eigenvalue weighted by Gasteiger charge is 2.03. The van der Waals surface area contributed by atoms with Crippen molar-refractivity contribution >= 4 is 17.6 Å². The highest BCUT2D eigenvalue weighted by molar-refractivity contribution is 6.31. The maximum Gasteiger partial charge on any atom is 0.195 e. The number of halogens is 1. The largest absolute Gasteiger partial charge is 0.349 e. The smallest absolute Gasteiger partial charge is 0.195 e. The van der Waals surface area contributed by atoms with Crippen LogP contribution in [0.4, 0.5) is 0 Å². The Morgan fingerprint density at radius 1 is 1.17 bits per heavy atom. The lowest BCUT2D eigenvalue weighted by molar-refractivity contribution is 0.479. The lowest BCUT2D eigenvalue weighted by atomic mass is 10.1. The third kappa shape index (κ3) is 4.22. The van der Waals surface area contributed by atoms with Crippen molar-refractivity contribution < 1.29 is 0 Å². The number of guanidine groups is 1. The molecule has 0 fully saturated rings. The number of aryl methyl sites for hydroxylation is 1. The third-order valence-corrected chi connectivity index (χ3v) is 3.10.